The molecule has 6 nitrogen and oxygen atoms in total. The monoisotopic (exact) mass is 347 g/mol. The summed E-state index contributed by atoms with van der Waals surface area (Å²) < 4.78 is 9.60. The van der Waals surface area contributed by atoms with Crippen molar-refractivity contribution < 1.29 is 4.74 Å². The first kappa shape index (κ1) is 17.1. The van der Waals surface area contributed by atoms with Crippen molar-refractivity contribution in [3.8, 4) is 5.88 Å². The molecular formula is C17H25N5OS. The molecule has 2 aromatic rings. The van der Waals surface area contributed by atoms with Crippen molar-refractivity contribution in [3.63, 3.8) is 0 Å². The fourth-order valence-electron chi connectivity index (χ4n) is 3.25. The van der Waals surface area contributed by atoms with E-state index in [0.29, 0.717) is 6.04 Å². The lowest BCUT2D eigenvalue weighted by Crippen LogP contribution is -2.43. The van der Waals surface area contributed by atoms with Crippen LogP contribution < -0.4 is 15.0 Å². The van der Waals surface area contributed by atoms with Crippen LogP contribution in [0.5, 0.6) is 5.88 Å². The summed E-state index contributed by atoms with van der Waals surface area (Å²) >= 11 is 1.44. The third-order valence-electron chi connectivity index (χ3n) is 4.48. The Hall–Kier alpha value is -1.73. The second-order valence-corrected chi connectivity index (χ2v) is 6.97. The Balaban J connectivity index is 1.57. The average Bonchev–Trinajstić information content (AvgIpc) is 3.03. The number of piperidine rings is 1. The minimum atomic E-state index is 0.249. The SMILES string of the molecule is COc1nscc1C(C)NC1CCN(c2cc(C)nc(C)n2)CC1. The lowest BCUT2D eigenvalue weighted by atomic mass is 10.0. The summed E-state index contributed by atoms with van der Waals surface area (Å²) in [5, 5.41) is 5.79. The molecule has 0 spiro atoms. The van der Waals surface area contributed by atoms with Crippen LogP contribution in [0.2, 0.25) is 0 Å². The molecule has 0 bridgehead atoms. The van der Waals surface area contributed by atoms with Crippen molar-refractivity contribution >= 4 is 17.4 Å². The topological polar surface area (TPSA) is 63.2 Å². The molecule has 0 radical (unpaired) electrons. The number of anilines is 1. The molecule has 1 unspecified atom stereocenters. The first-order valence-electron chi connectivity index (χ1n) is 8.38. The molecule has 1 saturated heterocycles. The second-order valence-electron chi connectivity index (χ2n) is 6.34. The van der Waals surface area contributed by atoms with E-state index in [1.807, 2.05) is 13.8 Å². The molecule has 0 aliphatic carbocycles. The van der Waals surface area contributed by atoms with E-state index < -0.39 is 0 Å². The molecule has 0 saturated carbocycles. The molecular weight excluding hydrogens is 322 g/mol. The van der Waals surface area contributed by atoms with Crippen LogP contribution in [0.1, 0.15) is 42.9 Å². The quantitative estimate of drug-likeness (QED) is 0.897. The van der Waals surface area contributed by atoms with Crippen LogP contribution in [0.3, 0.4) is 0 Å². The van der Waals surface area contributed by atoms with Gasteiger partial charge in [0.25, 0.3) is 0 Å². The van der Waals surface area contributed by atoms with E-state index in [9.17, 15) is 0 Å². The zero-order valence-electron chi connectivity index (χ0n) is 14.7. The van der Waals surface area contributed by atoms with Gasteiger partial charge in [-0.15, -0.1) is 0 Å². The van der Waals surface area contributed by atoms with E-state index in [2.05, 4.69) is 42.9 Å². The van der Waals surface area contributed by atoms with Gasteiger partial charge < -0.3 is 15.0 Å². The Bertz CT molecular complexity index is 661. The third kappa shape index (κ3) is 3.84. The van der Waals surface area contributed by atoms with Crippen LogP contribution in [-0.4, -0.2) is 40.6 Å². The molecule has 1 aliphatic rings. The van der Waals surface area contributed by atoms with Gasteiger partial charge in [-0.2, -0.15) is 4.37 Å². The van der Waals surface area contributed by atoms with Crippen LogP contribution in [-0.2, 0) is 0 Å². The van der Waals surface area contributed by atoms with Gasteiger partial charge in [-0.25, -0.2) is 9.97 Å². The van der Waals surface area contributed by atoms with Gasteiger partial charge in [0.15, 0.2) is 0 Å². The molecule has 0 amide bonds. The van der Waals surface area contributed by atoms with Gasteiger partial charge >= 0.3 is 0 Å². The summed E-state index contributed by atoms with van der Waals surface area (Å²) in [7, 11) is 1.68. The van der Waals surface area contributed by atoms with E-state index in [4.69, 9.17) is 4.74 Å². The van der Waals surface area contributed by atoms with Gasteiger partial charge in [0.05, 0.1) is 7.11 Å². The molecule has 1 fully saturated rings. The van der Waals surface area contributed by atoms with E-state index in [-0.39, 0.29) is 6.04 Å². The van der Waals surface area contributed by atoms with Gasteiger partial charge in [-0.1, -0.05) is 0 Å². The maximum atomic E-state index is 5.33. The highest BCUT2D eigenvalue weighted by Gasteiger charge is 2.23. The van der Waals surface area contributed by atoms with Crippen molar-refractivity contribution in [2.24, 2.45) is 0 Å². The number of nitrogens with one attached hydrogen (secondary N) is 1. The smallest absolute Gasteiger partial charge is 0.229 e. The number of ether oxygens (including phenoxy) is 1. The minimum absolute atomic E-state index is 0.249. The highest BCUT2D eigenvalue weighted by atomic mass is 32.1. The van der Waals surface area contributed by atoms with Crippen molar-refractivity contribution in [1.82, 2.24) is 19.7 Å². The normalized spacial score (nSPS) is 17.1. The predicted octanol–water partition coefficient (Wildman–Crippen LogP) is 2.88. The number of hydrogen-bond acceptors (Lipinski definition) is 7. The summed E-state index contributed by atoms with van der Waals surface area (Å²) in [6.45, 7) is 8.18. The fraction of sp³-hybridized carbons (Fsp3) is 0.588. The molecule has 130 valence electrons. The van der Waals surface area contributed by atoms with Gasteiger partial charge in [0.2, 0.25) is 5.88 Å². The summed E-state index contributed by atoms with van der Waals surface area (Å²) in [4.78, 5) is 11.3. The predicted molar refractivity (Wildman–Crippen MR) is 97.0 cm³/mol. The Kier molecular flexibility index (Phi) is 5.30. The molecule has 1 atom stereocenters. The molecule has 0 aromatic carbocycles. The lowest BCUT2D eigenvalue weighted by molar-refractivity contribution is 0.361. The van der Waals surface area contributed by atoms with Crippen LogP contribution in [0.25, 0.3) is 0 Å². The van der Waals surface area contributed by atoms with Gasteiger partial charge in [-0.05, 0) is 45.1 Å². The van der Waals surface area contributed by atoms with E-state index in [0.717, 1.165) is 54.7 Å². The van der Waals surface area contributed by atoms with Gasteiger partial charge in [-0.3, -0.25) is 0 Å². The van der Waals surface area contributed by atoms with Crippen LogP contribution in [0.4, 0.5) is 5.82 Å². The molecule has 2 aromatic heterocycles. The Labute approximate surface area is 147 Å². The van der Waals surface area contributed by atoms with Crippen LogP contribution in [0.15, 0.2) is 11.4 Å². The maximum Gasteiger partial charge on any atom is 0.229 e. The number of rotatable bonds is 5. The zero-order chi connectivity index (χ0) is 17.1. The lowest BCUT2D eigenvalue weighted by Gasteiger charge is -2.34. The van der Waals surface area contributed by atoms with E-state index in [1.165, 1.54) is 11.5 Å². The summed E-state index contributed by atoms with van der Waals surface area (Å²) in [6.07, 6.45) is 2.21. The highest BCUT2D eigenvalue weighted by molar-refractivity contribution is 7.03. The summed E-state index contributed by atoms with van der Waals surface area (Å²) in [6, 6.07) is 2.83. The van der Waals surface area contributed by atoms with Gasteiger partial charge in [0, 0.05) is 47.9 Å². The minimum Gasteiger partial charge on any atom is -0.480 e. The van der Waals surface area contributed by atoms with Crippen molar-refractivity contribution in [2.75, 3.05) is 25.1 Å². The first-order chi connectivity index (χ1) is 11.6. The molecule has 3 heterocycles. The number of nitrogens with zero attached hydrogens (tertiary/aromatic N) is 4. The third-order valence-corrected chi connectivity index (χ3v) is 5.11. The average molecular weight is 347 g/mol. The Morgan fingerprint density at radius 2 is 2.04 bits per heavy atom. The molecule has 24 heavy (non-hydrogen) atoms. The number of aromatic nitrogens is 3. The van der Waals surface area contributed by atoms with Crippen LogP contribution >= 0.6 is 11.5 Å². The molecule has 1 N–H and O–H groups in total. The zero-order valence-corrected chi connectivity index (χ0v) is 15.6. The second kappa shape index (κ2) is 7.44. The van der Waals surface area contributed by atoms with Crippen molar-refractivity contribution in [3.05, 3.63) is 28.5 Å². The molecule has 7 heteroatoms. The van der Waals surface area contributed by atoms with E-state index in [1.54, 1.807) is 7.11 Å². The van der Waals surface area contributed by atoms with Crippen molar-refractivity contribution in [2.45, 2.75) is 45.7 Å². The molecule has 1 aliphatic heterocycles. The Morgan fingerprint density at radius 1 is 1.29 bits per heavy atom. The summed E-state index contributed by atoms with van der Waals surface area (Å²) in [5.74, 6) is 2.63. The fourth-order valence-corrected chi connectivity index (χ4v) is 4.00. The summed E-state index contributed by atoms with van der Waals surface area (Å²) in [5.41, 5.74) is 2.18. The van der Waals surface area contributed by atoms with Gasteiger partial charge in [0.1, 0.15) is 11.6 Å². The molecule has 3 rings (SSSR count). The number of aryl methyl sites for hydroxylation is 2. The largest absolute Gasteiger partial charge is 0.480 e. The maximum absolute atomic E-state index is 5.33. The highest BCUT2D eigenvalue weighted by Crippen LogP contribution is 2.27. The van der Waals surface area contributed by atoms with E-state index >= 15 is 0 Å². The number of methoxy groups -OCH3 is 1. The Morgan fingerprint density at radius 3 is 2.71 bits per heavy atom. The standard InChI is InChI=1S/C17H25N5OS/c1-11-9-16(20-13(3)18-11)22-7-5-14(6-8-22)19-12(2)15-10-24-21-17(15)23-4/h9-10,12,14,19H,5-8H2,1-4H3. The van der Waals surface area contributed by atoms with Crippen molar-refractivity contribution in [1.29, 1.82) is 0 Å². The van der Waals surface area contributed by atoms with Crippen LogP contribution in [0, 0.1) is 13.8 Å². The first-order valence-corrected chi connectivity index (χ1v) is 9.22. The number of hydrogen-bond donors (Lipinski definition) is 1.